The van der Waals surface area contributed by atoms with Crippen LogP contribution >= 0.6 is 0 Å². The molecule has 0 aliphatic heterocycles. The van der Waals surface area contributed by atoms with Gasteiger partial charge in [-0.1, -0.05) is 0 Å². The van der Waals surface area contributed by atoms with E-state index in [2.05, 4.69) is 4.72 Å². The van der Waals surface area contributed by atoms with Crippen molar-refractivity contribution in [2.45, 2.75) is 36.9 Å². The smallest absolute Gasteiger partial charge is 0.329 e. The van der Waals surface area contributed by atoms with E-state index in [1.807, 2.05) is 0 Å². The zero-order valence-electron chi connectivity index (χ0n) is 11.4. The quantitative estimate of drug-likeness (QED) is 0.871. The number of alkyl halides is 3. The lowest BCUT2D eigenvalue weighted by Gasteiger charge is -2.18. The molecule has 0 heterocycles. The predicted molar refractivity (Wildman–Crippen MR) is 72.1 cm³/mol. The van der Waals surface area contributed by atoms with Crippen molar-refractivity contribution in [3.05, 3.63) is 29.3 Å². The fraction of sp³-hybridized carbons (Fsp3) is 0.538. The van der Waals surface area contributed by atoms with Crippen LogP contribution in [-0.4, -0.2) is 21.0 Å². The molecule has 0 radical (unpaired) electrons. The molecule has 0 aromatic heterocycles. The highest BCUT2D eigenvalue weighted by atomic mass is 32.2. The zero-order chi connectivity index (χ0) is 15.8. The number of halogens is 3. The Kier molecular flexibility index (Phi) is 4.32. The molecule has 1 atom stereocenters. The Balaban J connectivity index is 2.27. The Morgan fingerprint density at radius 2 is 2.00 bits per heavy atom. The van der Waals surface area contributed by atoms with Gasteiger partial charge in [-0.25, -0.2) is 13.1 Å². The maximum Gasteiger partial charge on any atom is 0.416 e. The summed E-state index contributed by atoms with van der Waals surface area (Å²) in [6.07, 6.45) is -2.67. The van der Waals surface area contributed by atoms with Crippen LogP contribution in [0.2, 0.25) is 0 Å². The lowest BCUT2D eigenvalue weighted by Crippen LogP contribution is -2.41. The first-order chi connectivity index (χ1) is 9.65. The molecular weight excluding hydrogens is 305 g/mol. The molecule has 0 amide bonds. The summed E-state index contributed by atoms with van der Waals surface area (Å²) < 4.78 is 64.8. The number of nitrogens with one attached hydrogen (secondary N) is 1. The minimum atomic E-state index is -4.49. The van der Waals surface area contributed by atoms with Crippen LogP contribution in [0.15, 0.2) is 23.1 Å². The third-order valence-corrected chi connectivity index (χ3v) is 5.19. The molecule has 1 aromatic carbocycles. The summed E-state index contributed by atoms with van der Waals surface area (Å²) in [5.74, 6) is 0.222. The highest BCUT2D eigenvalue weighted by Gasteiger charge is 2.35. The van der Waals surface area contributed by atoms with Crippen LogP contribution in [0.25, 0.3) is 0 Å². The second-order valence-electron chi connectivity index (χ2n) is 5.28. The minimum absolute atomic E-state index is 0.0592. The second-order valence-corrected chi connectivity index (χ2v) is 6.96. The molecule has 0 bridgehead atoms. The van der Waals surface area contributed by atoms with Crippen molar-refractivity contribution in [1.82, 2.24) is 4.72 Å². The van der Waals surface area contributed by atoms with E-state index in [0.29, 0.717) is 0 Å². The van der Waals surface area contributed by atoms with Crippen LogP contribution < -0.4 is 10.5 Å². The summed E-state index contributed by atoms with van der Waals surface area (Å²) in [6.45, 7) is 1.52. The Morgan fingerprint density at radius 3 is 2.43 bits per heavy atom. The van der Waals surface area contributed by atoms with Crippen LogP contribution in [0.5, 0.6) is 0 Å². The molecule has 0 spiro atoms. The van der Waals surface area contributed by atoms with Crippen molar-refractivity contribution in [1.29, 1.82) is 0 Å². The molecule has 21 heavy (non-hydrogen) atoms. The molecule has 0 saturated heterocycles. The molecule has 2 rings (SSSR count). The maximum atomic E-state index is 12.6. The number of nitrogens with two attached hydrogens (primary N) is 1. The fourth-order valence-electron chi connectivity index (χ4n) is 2.23. The van der Waals surface area contributed by atoms with Crippen molar-refractivity contribution in [3.8, 4) is 0 Å². The highest BCUT2D eigenvalue weighted by Crippen LogP contribution is 2.34. The maximum absolute atomic E-state index is 12.6. The normalized spacial score (nSPS) is 17.8. The van der Waals surface area contributed by atoms with Crippen LogP contribution in [0, 0.1) is 12.8 Å². The number of rotatable bonds is 5. The first-order valence-electron chi connectivity index (χ1n) is 6.55. The highest BCUT2D eigenvalue weighted by molar-refractivity contribution is 7.89. The zero-order valence-corrected chi connectivity index (χ0v) is 12.3. The van der Waals surface area contributed by atoms with Gasteiger partial charge in [-0.05, 0) is 49.4 Å². The fourth-order valence-corrected chi connectivity index (χ4v) is 3.77. The Bertz CT molecular complexity index is 625. The number of sulfonamides is 1. The average molecular weight is 322 g/mol. The lowest BCUT2D eigenvalue weighted by atomic mass is 10.1. The molecule has 1 fully saturated rings. The lowest BCUT2D eigenvalue weighted by molar-refractivity contribution is -0.137. The van der Waals surface area contributed by atoms with E-state index in [9.17, 15) is 21.6 Å². The molecule has 8 heteroatoms. The molecule has 3 N–H and O–H groups in total. The van der Waals surface area contributed by atoms with Gasteiger partial charge in [0, 0.05) is 12.6 Å². The van der Waals surface area contributed by atoms with Gasteiger partial charge in [0.1, 0.15) is 0 Å². The summed E-state index contributed by atoms with van der Waals surface area (Å²) in [4.78, 5) is -0.144. The van der Waals surface area contributed by atoms with Crippen molar-refractivity contribution in [2.24, 2.45) is 11.7 Å². The summed E-state index contributed by atoms with van der Waals surface area (Å²) in [6, 6.07) is 2.23. The van der Waals surface area contributed by atoms with Gasteiger partial charge in [-0.2, -0.15) is 13.2 Å². The van der Waals surface area contributed by atoms with E-state index >= 15 is 0 Å². The molecule has 1 aliphatic rings. The molecule has 118 valence electrons. The van der Waals surface area contributed by atoms with Gasteiger partial charge in [0.05, 0.1) is 10.5 Å². The third kappa shape index (κ3) is 3.75. The molecular formula is C13H17F3N2O2S. The molecule has 1 aromatic rings. The minimum Gasteiger partial charge on any atom is -0.329 e. The van der Waals surface area contributed by atoms with Gasteiger partial charge < -0.3 is 5.73 Å². The van der Waals surface area contributed by atoms with Gasteiger partial charge in [0.15, 0.2) is 0 Å². The number of hydrogen-bond acceptors (Lipinski definition) is 3. The second kappa shape index (κ2) is 5.58. The van der Waals surface area contributed by atoms with Crippen molar-refractivity contribution < 1.29 is 21.6 Å². The first kappa shape index (κ1) is 16.3. The molecule has 1 unspecified atom stereocenters. The van der Waals surface area contributed by atoms with Gasteiger partial charge in [0.2, 0.25) is 10.0 Å². The van der Waals surface area contributed by atoms with Gasteiger partial charge >= 0.3 is 6.18 Å². The van der Waals surface area contributed by atoms with E-state index in [1.54, 1.807) is 0 Å². The molecule has 1 saturated carbocycles. The predicted octanol–water partition coefficient (Wildman–Crippen LogP) is 2.03. The van der Waals surface area contributed by atoms with Crippen LogP contribution in [0.1, 0.15) is 24.0 Å². The summed E-state index contributed by atoms with van der Waals surface area (Å²) in [5, 5.41) is 0. The van der Waals surface area contributed by atoms with Crippen LogP contribution in [0.4, 0.5) is 13.2 Å². The number of aryl methyl sites for hydroxylation is 1. The largest absolute Gasteiger partial charge is 0.416 e. The summed E-state index contributed by atoms with van der Waals surface area (Å²) in [7, 11) is -3.87. The average Bonchev–Trinajstić information content (AvgIpc) is 3.18. The van der Waals surface area contributed by atoms with E-state index in [4.69, 9.17) is 5.73 Å². The van der Waals surface area contributed by atoms with E-state index in [-0.39, 0.29) is 29.0 Å². The van der Waals surface area contributed by atoms with Gasteiger partial charge in [0.25, 0.3) is 0 Å². The van der Waals surface area contributed by atoms with Gasteiger partial charge in [-0.3, -0.25) is 0 Å². The van der Waals surface area contributed by atoms with E-state index < -0.39 is 21.8 Å². The standard InChI is InChI=1S/C13H17F3N2O2S/c1-8-6-10(13(14,15)16)4-5-12(8)21(19,20)18-11(7-17)9-2-3-9/h4-6,9,11,18H,2-3,7,17H2,1H3. The van der Waals surface area contributed by atoms with Crippen LogP contribution in [0.3, 0.4) is 0 Å². The molecule has 4 nitrogen and oxygen atoms in total. The third-order valence-electron chi connectivity index (χ3n) is 3.54. The monoisotopic (exact) mass is 322 g/mol. The summed E-state index contributed by atoms with van der Waals surface area (Å²) >= 11 is 0. The molecule has 1 aliphatic carbocycles. The van der Waals surface area contributed by atoms with Crippen molar-refractivity contribution >= 4 is 10.0 Å². The van der Waals surface area contributed by atoms with Crippen molar-refractivity contribution in [2.75, 3.05) is 6.54 Å². The van der Waals surface area contributed by atoms with E-state index in [0.717, 1.165) is 31.0 Å². The van der Waals surface area contributed by atoms with Crippen molar-refractivity contribution in [3.63, 3.8) is 0 Å². The Hall–Kier alpha value is -1.12. The first-order valence-corrected chi connectivity index (χ1v) is 8.03. The topological polar surface area (TPSA) is 72.2 Å². The number of benzene rings is 1. The van der Waals surface area contributed by atoms with E-state index in [1.165, 1.54) is 6.92 Å². The number of hydrogen-bond donors (Lipinski definition) is 2. The van der Waals surface area contributed by atoms with Crippen LogP contribution in [-0.2, 0) is 16.2 Å². The Labute approximate surface area is 121 Å². The SMILES string of the molecule is Cc1cc(C(F)(F)F)ccc1S(=O)(=O)NC(CN)C1CC1. The van der Waals surface area contributed by atoms with Gasteiger partial charge in [-0.15, -0.1) is 0 Å². The summed E-state index contributed by atoms with van der Waals surface area (Å²) in [5.41, 5.74) is 4.74. The Morgan fingerprint density at radius 1 is 1.38 bits per heavy atom.